The van der Waals surface area contributed by atoms with Gasteiger partial charge in [0.15, 0.2) is 6.61 Å². The molecule has 0 saturated carbocycles. The van der Waals surface area contributed by atoms with E-state index in [2.05, 4.69) is 10.3 Å². The van der Waals surface area contributed by atoms with Gasteiger partial charge in [0.25, 0.3) is 5.91 Å². The van der Waals surface area contributed by atoms with E-state index in [0.717, 1.165) is 11.8 Å². The standard InChI is InChI=1S/C17H21ClN2O3/c1-3-17(2,8-10-21)20-15(22)11-23-14-7-6-13(18)12-5-4-9-19-16(12)14/h4-7,9,21H,3,8,10-11H2,1-2H3,(H,20,22). The highest BCUT2D eigenvalue weighted by Crippen LogP contribution is 2.29. The van der Waals surface area contributed by atoms with Crippen molar-refractivity contribution in [3.63, 3.8) is 0 Å². The number of hydrogen-bond donors (Lipinski definition) is 2. The van der Waals surface area contributed by atoms with Gasteiger partial charge in [0, 0.05) is 23.7 Å². The van der Waals surface area contributed by atoms with Gasteiger partial charge < -0.3 is 15.2 Å². The fourth-order valence-electron chi connectivity index (χ4n) is 2.32. The number of aromatic nitrogens is 1. The number of carbonyl (C=O) groups is 1. The number of nitrogens with one attached hydrogen (secondary N) is 1. The summed E-state index contributed by atoms with van der Waals surface area (Å²) in [6.45, 7) is 3.78. The van der Waals surface area contributed by atoms with Crippen molar-refractivity contribution in [3.05, 3.63) is 35.5 Å². The Bertz CT molecular complexity index is 693. The molecule has 0 aliphatic carbocycles. The van der Waals surface area contributed by atoms with Crippen LogP contribution in [0, 0.1) is 0 Å². The summed E-state index contributed by atoms with van der Waals surface area (Å²) >= 11 is 6.13. The third-order valence-electron chi connectivity index (χ3n) is 3.92. The van der Waals surface area contributed by atoms with Gasteiger partial charge in [-0.3, -0.25) is 9.78 Å². The topological polar surface area (TPSA) is 71.5 Å². The molecule has 2 rings (SSSR count). The first kappa shape index (κ1) is 17.5. The number of benzene rings is 1. The molecule has 1 aromatic heterocycles. The normalized spacial score (nSPS) is 13.6. The first-order chi connectivity index (χ1) is 11.0. The summed E-state index contributed by atoms with van der Waals surface area (Å²) in [5.41, 5.74) is 0.191. The summed E-state index contributed by atoms with van der Waals surface area (Å²) in [4.78, 5) is 16.4. The quantitative estimate of drug-likeness (QED) is 0.815. The van der Waals surface area contributed by atoms with E-state index in [1.807, 2.05) is 19.9 Å². The highest BCUT2D eigenvalue weighted by atomic mass is 35.5. The summed E-state index contributed by atoms with van der Waals surface area (Å²) < 4.78 is 5.61. The van der Waals surface area contributed by atoms with Gasteiger partial charge in [-0.2, -0.15) is 0 Å². The predicted octanol–water partition coefficient (Wildman–Crippen LogP) is 2.93. The minimum absolute atomic E-state index is 0.0250. The summed E-state index contributed by atoms with van der Waals surface area (Å²) in [6.07, 6.45) is 2.88. The smallest absolute Gasteiger partial charge is 0.258 e. The van der Waals surface area contributed by atoms with Crippen LogP contribution in [0.5, 0.6) is 5.75 Å². The molecule has 1 unspecified atom stereocenters. The van der Waals surface area contributed by atoms with Gasteiger partial charge in [-0.25, -0.2) is 0 Å². The summed E-state index contributed by atoms with van der Waals surface area (Å²) in [7, 11) is 0. The van der Waals surface area contributed by atoms with Crippen LogP contribution in [0.25, 0.3) is 10.9 Å². The maximum atomic E-state index is 12.1. The molecule has 1 heterocycles. The average molecular weight is 337 g/mol. The van der Waals surface area contributed by atoms with Gasteiger partial charge >= 0.3 is 0 Å². The van der Waals surface area contributed by atoms with E-state index in [9.17, 15) is 4.79 Å². The van der Waals surface area contributed by atoms with Crippen LogP contribution in [0.4, 0.5) is 0 Å². The van der Waals surface area contributed by atoms with Gasteiger partial charge in [-0.1, -0.05) is 18.5 Å². The number of nitrogens with zero attached hydrogens (tertiary/aromatic N) is 1. The Balaban J connectivity index is 2.07. The van der Waals surface area contributed by atoms with Crippen molar-refractivity contribution >= 4 is 28.4 Å². The molecule has 124 valence electrons. The second kappa shape index (κ2) is 7.62. The molecule has 1 amide bonds. The Morgan fingerprint density at radius 2 is 2.22 bits per heavy atom. The van der Waals surface area contributed by atoms with Crippen molar-refractivity contribution in [3.8, 4) is 5.75 Å². The Labute approximate surface area is 140 Å². The van der Waals surface area contributed by atoms with E-state index >= 15 is 0 Å². The fraction of sp³-hybridized carbons (Fsp3) is 0.412. The van der Waals surface area contributed by atoms with Crippen LogP contribution in [0.2, 0.25) is 5.02 Å². The number of aliphatic hydroxyl groups excluding tert-OH is 1. The molecule has 0 bridgehead atoms. The van der Waals surface area contributed by atoms with Crippen LogP contribution in [-0.4, -0.2) is 34.8 Å². The van der Waals surface area contributed by atoms with E-state index in [1.54, 1.807) is 24.4 Å². The Hall–Kier alpha value is -1.85. The second-order valence-electron chi connectivity index (χ2n) is 5.67. The monoisotopic (exact) mass is 336 g/mol. The number of ether oxygens (including phenoxy) is 1. The lowest BCUT2D eigenvalue weighted by molar-refractivity contribution is -0.125. The van der Waals surface area contributed by atoms with Crippen molar-refractivity contribution in [1.29, 1.82) is 0 Å². The Kier molecular flexibility index (Phi) is 5.80. The lowest BCUT2D eigenvalue weighted by Crippen LogP contribution is -2.47. The zero-order chi connectivity index (χ0) is 16.9. The molecule has 1 atom stereocenters. The zero-order valence-electron chi connectivity index (χ0n) is 13.3. The van der Waals surface area contributed by atoms with Crippen molar-refractivity contribution < 1.29 is 14.6 Å². The van der Waals surface area contributed by atoms with Crippen molar-refractivity contribution in [2.24, 2.45) is 0 Å². The first-order valence-electron chi connectivity index (χ1n) is 7.57. The molecule has 0 saturated heterocycles. The molecule has 0 radical (unpaired) electrons. The van der Waals surface area contributed by atoms with Gasteiger partial charge in [0.2, 0.25) is 0 Å². The van der Waals surface area contributed by atoms with Gasteiger partial charge in [-0.15, -0.1) is 0 Å². The van der Waals surface area contributed by atoms with Crippen LogP contribution in [0.1, 0.15) is 26.7 Å². The second-order valence-corrected chi connectivity index (χ2v) is 6.08. The Morgan fingerprint density at radius 3 is 2.91 bits per heavy atom. The number of halogens is 1. The van der Waals surface area contributed by atoms with Crippen molar-refractivity contribution in [2.75, 3.05) is 13.2 Å². The zero-order valence-corrected chi connectivity index (χ0v) is 14.1. The molecule has 5 nitrogen and oxygen atoms in total. The predicted molar refractivity (Wildman–Crippen MR) is 90.8 cm³/mol. The molecule has 0 fully saturated rings. The Morgan fingerprint density at radius 1 is 1.43 bits per heavy atom. The summed E-state index contributed by atoms with van der Waals surface area (Å²) in [6, 6.07) is 7.08. The fourth-order valence-corrected chi connectivity index (χ4v) is 2.53. The maximum Gasteiger partial charge on any atom is 0.258 e. The van der Waals surface area contributed by atoms with Crippen LogP contribution < -0.4 is 10.1 Å². The number of fused-ring (bicyclic) bond motifs is 1. The molecule has 1 aromatic carbocycles. The van der Waals surface area contributed by atoms with E-state index < -0.39 is 5.54 Å². The molecule has 0 spiro atoms. The first-order valence-corrected chi connectivity index (χ1v) is 7.95. The minimum Gasteiger partial charge on any atom is -0.481 e. The summed E-state index contributed by atoms with van der Waals surface area (Å²) in [5.74, 6) is 0.280. The molecule has 23 heavy (non-hydrogen) atoms. The number of carbonyl (C=O) groups excluding carboxylic acids is 1. The molecule has 6 heteroatoms. The minimum atomic E-state index is -0.435. The van der Waals surface area contributed by atoms with Crippen LogP contribution in [0.3, 0.4) is 0 Å². The molecule has 2 aromatic rings. The van der Waals surface area contributed by atoms with E-state index in [4.69, 9.17) is 21.4 Å². The number of amides is 1. The van der Waals surface area contributed by atoms with E-state index in [1.165, 1.54) is 0 Å². The SMILES string of the molecule is CCC(C)(CCO)NC(=O)COc1ccc(Cl)c2cccnc12. The summed E-state index contributed by atoms with van der Waals surface area (Å²) in [5, 5.41) is 13.4. The average Bonchev–Trinajstić information content (AvgIpc) is 2.55. The van der Waals surface area contributed by atoms with Gasteiger partial charge in [-0.05, 0) is 44.0 Å². The molecule has 0 aliphatic heterocycles. The largest absolute Gasteiger partial charge is 0.481 e. The highest BCUT2D eigenvalue weighted by Gasteiger charge is 2.23. The van der Waals surface area contributed by atoms with E-state index in [0.29, 0.717) is 22.7 Å². The van der Waals surface area contributed by atoms with E-state index in [-0.39, 0.29) is 19.1 Å². The molecular weight excluding hydrogens is 316 g/mol. The number of hydrogen-bond acceptors (Lipinski definition) is 4. The molecule has 0 aliphatic rings. The maximum absolute atomic E-state index is 12.1. The van der Waals surface area contributed by atoms with Crippen LogP contribution in [0.15, 0.2) is 30.5 Å². The number of aliphatic hydroxyl groups is 1. The third-order valence-corrected chi connectivity index (χ3v) is 4.25. The van der Waals surface area contributed by atoms with Gasteiger partial charge in [0.1, 0.15) is 11.3 Å². The lowest BCUT2D eigenvalue weighted by atomic mass is 9.95. The lowest BCUT2D eigenvalue weighted by Gasteiger charge is -2.28. The highest BCUT2D eigenvalue weighted by molar-refractivity contribution is 6.35. The van der Waals surface area contributed by atoms with Crippen LogP contribution >= 0.6 is 11.6 Å². The molecule has 2 N–H and O–H groups in total. The van der Waals surface area contributed by atoms with Crippen molar-refractivity contribution in [1.82, 2.24) is 10.3 Å². The number of pyridine rings is 1. The van der Waals surface area contributed by atoms with Gasteiger partial charge in [0.05, 0.1) is 5.02 Å². The molecular formula is C17H21ClN2O3. The third kappa shape index (κ3) is 4.33. The van der Waals surface area contributed by atoms with Crippen LogP contribution in [-0.2, 0) is 4.79 Å². The number of rotatable bonds is 7. The van der Waals surface area contributed by atoms with Crippen molar-refractivity contribution in [2.45, 2.75) is 32.2 Å².